The summed E-state index contributed by atoms with van der Waals surface area (Å²) in [6.07, 6.45) is 0.329. The van der Waals surface area contributed by atoms with E-state index in [2.05, 4.69) is 21.6 Å². The topological polar surface area (TPSA) is 80.9 Å². The number of primary amides is 1. The van der Waals surface area contributed by atoms with Gasteiger partial charge in [0.05, 0.1) is 10.7 Å². The Kier molecular flexibility index (Phi) is 5.44. The van der Waals surface area contributed by atoms with Crippen LogP contribution in [0.1, 0.15) is 17.5 Å². The molecule has 0 saturated carbocycles. The van der Waals surface area contributed by atoms with Crippen molar-refractivity contribution in [1.29, 1.82) is 0 Å². The van der Waals surface area contributed by atoms with Gasteiger partial charge in [-0.15, -0.1) is 10.2 Å². The minimum absolute atomic E-state index is 0.313. The molecule has 0 unspecified atom stereocenters. The minimum Gasteiger partial charge on any atom is -0.370 e. The van der Waals surface area contributed by atoms with E-state index < -0.39 is 0 Å². The third kappa shape index (κ3) is 4.59. The Labute approximate surface area is 136 Å². The maximum Gasteiger partial charge on any atom is 0.218 e. The molecule has 1 amide bonds. The Morgan fingerprint density at radius 2 is 2.19 bits per heavy atom. The van der Waals surface area contributed by atoms with Crippen LogP contribution in [0.5, 0.6) is 0 Å². The molecule has 1 aromatic heterocycles. The second-order valence-electron chi connectivity index (χ2n) is 4.50. The number of hydrogen-bond donors (Lipinski definition) is 2. The number of amides is 1. The van der Waals surface area contributed by atoms with Crippen molar-refractivity contribution >= 4 is 51.4 Å². The number of benzene rings is 1. The molecule has 0 radical (unpaired) electrons. The molecule has 2 aromatic rings. The van der Waals surface area contributed by atoms with Crippen molar-refractivity contribution in [2.75, 3.05) is 11.1 Å². The van der Waals surface area contributed by atoms with Crippen molar-refractivity contribution in [2.45, 2.75) is 24.6 Å². The smallest absolute Gasteiger partial charge is 0.218 e. The molecule has 1 heterocycles. The van der Waals surface area contributed by atoms with Crippen molar-refractivity contribution < 1.29 is 4.79 Å². The van der Waals surface area contributed by atoms with Gasteiger partial charge in [0, 0.05) is 12.2 Å². The first kappa shape index (κ1) is 16.1. The first-order valence-electron chi connectivity index (χ1n) is 6.24. The molecule has 0 aliphatic rings. The van der Waals surface area contributed by atoms with Crippen molar-refractivity contribution in [1.82, 2.24) is 10.2 Å². The molecule has 1 aromatic carbocycles. The Bertz CT molecular complexity index is 636. The first-order valence-corrected chi connectivity index (χ1v) is 8.42. The summed E-state index contributed by atoms with van der Waals surface area (Å²) in [5, 5.41) is 12.7. The fourth-order valence-electron chi connectivity index (χ4n) is 1.74. The zero-order valence-corrected chi connectivity index (χ0v) is 14.0. The van der Waals surface area contributed by atoms with E-state index in [-0.39, 0.29) is 5.91 Å². The summed E-state index contributed by atoms with van der Waals surface area (Å²) in [7, 11) is 0. The van der Waals surface area contributed by atoms with Gasteiger partial charge in [-0.1, -0.05) is 40.8 Å². The van der Waals surface area contributed by atoms with Crippen molar-refractivity contribution in [3.8, 4) is 0 Å². The van der Waals surface area contributed by atoms with Gasteiger partial charge in [0.25, 0.3) is 0 Å². The fraction of sp³-hybridized carbons (Fsp3) is 0.308. The number of rotatable bonds is 6. The van der Waals surface area contributed by atoms with Crippen molar-refractivity contribution in [3.05, 3.63) is 28.3 Å². The van der Waals surface area contributed by atoms with E-state index >= 15 is 0 Å². The van der Waals surface area contributed by atoms with Crippen LogP contribution in [-0.2, 0) is 4.79 Å². The van der Waals surface area contributed by atoms with Gasteiger partial charge in [-0.05, 0) is 31.0 Å². The van der Waals surface area contributed by atoms with Gasteiger partial charge in [-0.25, -0.2) is 0 Å². The van der Waals surface area contributed by atoms with Crippen LogP contribution in [0.25, 0.3) is 0 Å². The van der Waals surface area contributed by atoms with Gasteiger partial charge in [-0.2, -0.15) is 0 Å². The summed E-state index contributed by atoms with van der Waals surface area (Å²) in [5.74, 6) is 0.293. The highest BCUT2D eigenvalue weighted by Crippen LogP contribution is 2.33. The second-order valence-corrected chi connectivity index (χ2v) is 7.23. The normalized spacial score (nSPS) is 10.6. The lowest BCUT2D eigenvalue weighted by atomic mass is 10.1. The van der Waals surface area contributed by atoms with Crippen LogP contribution in [-0.4, -0.2) is 21.9 Å². The predicted molar refractivity (Wildman–Crippen MR) is 88.7 cm³/mol. The second kappa shape index (κ2) is 7.11. The summed E-state index contributed by atoms with van der Waals surface area (Å²) in [4.78, 5) is 10.7. The Morgan fingerprint density at radius 3 is 2.86 bits per heavy atom. The monoisotopic (exact) mass is 342 g/mol. The average molecular weight is 343 g/mol. The number of anilines is 2. The maximum atomic E-state index is 10.7. The number of nitrogens with zero attached hydrogens (tertiary/aromatic N) is 2. The molecule has 0 aliphatic carbocycles. The number of thioether (sulfide) groups is 1. The Hall–Kier alpha value is -1.31. The molecular weight excluding hydrogens is 328 g/mol. The molecule has 21 heavy (non-hydrogen) atoms. The van der Waals surface area contributed by atoms with E-state index in [1.807, 2.05) is 19.9 Å². The fourth-order valence-corrected chi connectivity index (χ4v) is 3.89. The largest absolute Gasteiger partial charge is 0.370 e. The molecule has 0 saturated heterocycles. The van der Waals surface area contributed by atoms with Crippen LogP contribution in [0.4, 0.5) is 10.8 Å². The predicted octanol–water partition coefficient (Wildman–Crippen LogP) is 3.52. The molecule has 3 N–H and O–H groups in total. The first-order chi connectivity index (χ1) is 9.95. The van der Waals surface area contributed by atoms with Gasteiger partial charge < -0.3 is 11.1 Å². The number of aromatic nitrogens is 2. The standard InChI is InChI=1S/C13H15ClN4OS2/c1-7-5-8(2)11(9(14)6-7)16-12-17-18-13(21-12)20-4-3-10(15)19/h5-6H,3-4H2,1-2H3,(H2,15,19)(H,16,17). The lowest BCUT2D eigenvalue weighted by molar-refractivity contribution is -0.117. The minimum atomic E-state index is -0.313. The molecule has 0 bridgehead atoms. The van der Waals surface area contributed by atoms with Gasteiger partial charge in [-0.3, -0.25) is 4.79 Å². The zero-order valence-electron chi connectivity index (χ0n) is 11.6. The van der Waals surface area contributed by atoms with E-state index in [1.165, 1.54) is 23.1 Å². The van der Waals surface area contributed by atoms with E-state index in [0.29, 0.717) is 22.3 Å². The maximum absolute atomic E-state index is 10.7. The van der Waals surface area contributed by atoms with Crippen molar-refractivity contribution in [3.63, 3.8) is 0 Å². The van der Waals surface area contributed by atoms with E-state index in [4.69, 9.17) is 17.3 Å². The molecule has 0 spiro atoms. The van der Waals surface area contributed by atoms with Gasteiger partial charge in [0.1, 0.15) is 0 Å². The SMILES string of the molecule is Cc1cc(C)c(Nc2nnc(SCCC(N)=O)s2)c(Cl)c1. The summed E-state index contributed by atoms with van der Waals surface area (Å²) in [6.45, 7) is 3.99. The summed E-state index contributed by atoms with van der Waals surface area (Å²) >= 11 is 9.13. The molecule has 0 atom stereocenters. The molecule has 2 rings (SSSR count). The van der Waals surface area contributed by atoms with Crippen LogP contribution in [0.3, 0.4) is 0 Å². The lowest BCUT2D eigenvalue weighted by Crippen LogP contribution is -2.10. The lowest BCUT2D eigenvalue weighted by Gasteiger charge is -2.09. The van der Waals surface area contributed by atoms with Crippen LogP contribution < -0.4 is 11.1 Å². The number of aryl methyl sites for hydroxylation is 2. The zero-order chi connectivity index (χ0) is 15.4. The van der Waals surface area contributed by atoms with Gasteiger partial charge in [0.15, 0.2) is 4.34 Å². The van der Waals surface area contributed by atoms with E-state index in [1.54, 1.807) is 0 Å². The molecule has 0 fully saturated rings. The highest BCUT2D eigenvalue weighted by molar-refractivity contribution is 8.01. The Balaban J connectivity index is 2.04. The number of carbonyl (C=O) groups is 1. The number of nitrogens with one attached hydrogen (secondary N) is 1. The van der Waals surface area contributed by atoms with Crippen LogP contribution in [0.15, 0.2) is 16.5 Å². The summed E-state index contributed by atoms with van der Waals surface area (Å²) in [6, 6.07) is 3.96. The van der Waals surface area contributed by atoms with E-state index in [9.17, 15) is 4.79 Å². The van der Waals surface area contributed by atoms with Gasteiger partial charge in [0.2, 0.25) is 11.0 Å². The van der Waals surface area contributed by atoms with Gasteiger partial charge >= 0.3 is 0 Å². The number of halogens is 1. The quantitative estimate of drug-likeness (QED) is 0.785. The summed E-state index contributed by atoms with van der Waals surface area (Å²) in [5.41, 5.74) is 8.11. The van der Waals surface area contributed by atoms with Crippen LogP contribution in [0.2, 0.25) is 5.02 Å². The molecule has 0 aliphatic heterocycles. The molecule has 112 valence electrons. The Morgan fingerprint density at radius 1 is 1.43 bits per heavy atom. The van der Waals surface area contributed by atoms with Crippen molar-refractivity contribution in [2.24, 2.45) is 5.73 Å². The highest BCUT2D eigenvalue weighted by atomic mass is 35.5. The molecule has 8 heteroatoms. The molecular formula is C13H15ClN4OS2. The van der Waals surface area contributed by atoms with E-state index in [0.717, 1.165) is 21.2 Å². The van der Waals surface area contributed by atoms with Crippen LogP contribution in [0, 0.1) is 13.8 Å². The number of nitrogens with two attached hydrogens (primary N) is 1. The highest BCUT2D eigenvalue weighted by Gasteiger charge is 2.10. The van der Waals surface area contributed by atoms with Crippen LogP contribution >= 0.6 is 34.7 Å². The average Bonchev–Trinajstić information content (AvgIpc) is 2.81. The summed E-state index contributed by atoms with van der Waals surface area (Å²) < 4.78 is 0.791. The number of carbonyl (C=O) groups excluding carboxylic acids is 1. The number of hydrogen-bond acceptors (Lipinski definition) is 6. The molecule has 5 nitrogen and oxygen atoms in total. The third-order valence-corrected chi connectivity index (χ3v) is 4.92. The third-order valence-electron chi connectivity index (χ3n) is 2.64.